The Balaban J connectivity index is 1.63. The molecule has 1 aromatic heterocycles. The van der Waals surface area contributed by atoms with Crippen molar-refractivity contribution in [1.82, 2.24) is 10.2 Å². The van der Waals surface area contributed by atoms with Crippen LogP contribution in [-0.4, -0.2) is 27.6 Å². The Morgan fingerprint density at radius 2 is 2.17 bits per heavy atom. The SMILES string of the molecule is C[C@]12C[C@H](F)C3c4ccc5[nH]ncc5c4CCC3C1CC[C@@H]2O. The van der Waals surface area contributed by atoms with Gasteiger partial charge in [-0.15, -0.1) is 0 Å². The summed E-state index contributed by atoms with van der Waals surface area (Å²) in [6, 6.07) is 4.17. The molecule has 1 heterocycles. The molecule has 0 radical (unpaired) electrons. The zero-order valence-electron chi connectivity index (χ0n) is 13.4. The predicted octanol–water partition coefficient (Wildman–Crippen LogP) is 3.73. The molecule has 2 saturated carbocycles. The Kier molecular flexibility index (Phi) is 2.77. The normalized spacial score (nSPS) is 42.3. The second-order valence-corrected chi connectivity index (χ2v) is 8.12. The largest absolute Gasteiger partial charge is 0.393 e. The quantitative estimate of drug-likeness (QED) is 0.778. The molecule has 0 bridgehead atoms. The van der Waals surface area contributed by atoms with E-state index in [0.29, 0.717) is 18.3 Å². The molecule has 0 saturated heterocycles. The minimum Gasteiger partial charge on any atom is -0.393 e. The number of halogens is 1. The van der Waals surface area contributed by atoms with E-state index in [4.69, 9.17) is 0 Å². The standard InChI is InChI=1S/C19H23FN2O/c1-19-8-15(20)18-11-4-6-16-13(9-21-22-16)10(11)2-3-12(18)14(19)5-7-17(19)23/h4,6,9,12,14-15,17-18,23H,2-3,5,7-8H2,1H3,(H,21,22)/t12?,14?,15-,17-,18?,19-/m0/s1. The molecule has 2 aromatic rings. The van der Waals surface area contributed by atoms with Crippen LogP contribution in [0.4, 0.5) is 4.39 Å². The molecule has 4 heteroatoms. The molecule has 3 unspecified atom stereocenters. The molecule has 0 spiro atoms. The Bertz CT molecular complexity index is 772. The van der Waals surface area contributed by atoms with Crippen molar-refractivity contribution >= 4 is 10.9 Å². The Morgan fingerprint density at radius 1 is 1.30 bits per heavy atom. The first-order chi connectivity index (χ1) is 11.1. The lowest BCUT2D eigenvalue weighted by Gasteiger charge is -2.51. The summed E-state index contributed by atoms with van der Waals surface area (Å²) in [4.78, 5) is 0. The smallest absolute Gasteiger partial charge is 0.108 e. The first-order valence-corrected chi connectivity index (χ1v) is 8.86. The molecular formula is C19H23FN2O. The van der Waals surface area contributed by atoms with Crippen molar-refractivity contribution in [1.29, 1.82) is 0 Å². The Hall–Kier alpha value is -1.42. The molecule has 5 rings (SSSR count). The van der Waals surface area contributed by atoms with Crippen LogP contribution in [0.15, 0.2) is 18.3 Å². The summed E-state index contributed by atoms with van der Waals surface area (Å²) in [6.07, 6.45) is 5.14. The highest BCUT2D eigenvalue weighted by atomic mass is 19.1. The number of H-pyrrole nitrogens is 1. The minimum absolute atomic E-state index is 0.00132. The average molecular weight is 314 g/mol. The van der Waals surface area contributed by atoms with E-state index in [1.54, 1.807) is 0 Å². The maximum Gasteiger partial charge on any atom is 0.108 e. The number of hydrogen-bond donors (Lipinski definition) is 2. The number of aryl methyl sites for hydroxylation is 1. The average Bonchev–Trinajstić information content (AvgIpc) is 3.12. The summed E-state index contributed by atoms with van der Waals surface area (Å²) in [7, 11) is 0. The van der Waals surface area contributed by atoms with Gasteiger partial charge >= 0.3 is 0 Å². The molecule has 3 aliphatic rings. The first-order valence-electron chi connectivity index (χ1n) is 8.86. The van der Waals surface area contributed by atoms with Crippen molar-refractivity contribution in [3.8, 4) is 0 Å². The van der Waals surface area contributed by atoms with Crippen LogP contribution in [0.25, 0.3) is 10.9 Å². The number of aromatic nitrogens is 2. The lowest BCUT2D eigenvalue weighted by atomic mass is 9.54. The molecule has 0 aliphatic heterocycles. The molecule has 0 amide bonds. The van der Waals surface area contributed by atoms with Crippen molar-refractivity contribution in [2.45, 2.75) is 57.2 Å². The minimum atomic E-state index is -0.850. The van der Waals surface area contributed by atoms with E-state index in [1.807, 2.05) is 12.3 Å². The number of nitrogens with zero attached hydrogens (tertiary/aromatic N) is 1. The second kappa shape index (κ2) is 4.56. The highest BCUT2D eigenvalue weighted by Crippen LogP contribution is 2.61. The van der Waals surface area contributed by atoms with E-state index in [0.717, 1.165) is 36.6 Å². The molecule has 2 N–H and O–H groups in total. The van der Waals surface area contributed by atoms with Crippen molar-refractivity contribution in [2.24, 2.45) is 17.3 Å². The number of hydrogen-bond acceptors (Lipinski definition) is 2. The van der Waals surface area contributed by atoms with Crippen LogP contribution in [-0.2, 0) is 6.42 Å². The van der Waals surface area contributed by atoms with Gasteiger partial charge in [0.2, 0.25) is 0 Å². The van der Waals surface area contributed by atoms with Gasteiger partial charge in [-0.25, -0.2) is 4.39 Å². The highest BCUT2D eigenvalue weighted by molar-refractivity contribution is 5.83. The number of aliphatic hydroxyl groups excluding tert-OH is 1. The van der Waals surface area contributed by atoms with E-state index < -0.39 is 6.17 Å². The van der Waals surface area contributed by atoms with Gasteiger partial charge in [-0.2, -0.15) is 5.10 Å². The third-order valence-electron chi connectivity index (χ3n) is 7.22. The number of nitrogens with one attached hydrogen (secondary N) is 1. The number of benzene rings is 1. The third-order valence-corrected chi connectivity index (χ3v) is 7.22. The van der Waals surface area contributed by atoms with Gasteiger partial charge in [0.15, 0.2) is 0 Å². The summed E-state index contributed by atoms with van der Waals surface area (Å²) in [6.45, 7) is 2.12. The van der Waals surface area contributed by atoms with Gasteiger partial charge in [0.1, 0.15) is 6.17 Å². The molecular weight excluding hydrogens is 291 g/mol. The van der Waals surface area contributed by atoms with Gasteiger partial charge in [-0.1, -0.05) is 13.0 Å². The first kappa shape index (κ1) is 14.0. The van der Waals surface area contributed by atoms with E-state index in [9.17, 15) is 5.11 Å². The molecule has 3 aliphatic carbocycles. The van der Waals surface area contributed by atoms with E-state index >= 15 is 4.39 Å². The summed E-state index contributed by atoms with van der Waals surface area (Å²) in [5.74, 6) is 0.835. The van der Waals surface area contributed by atoms with Crippen molar-refractivity contribution in [3.05, 3.63) is 29.5 Å². The van der Waals surface area contributed by atoms with Crippen LogP contribution < -0.4 is 0 Å². The molecule has 122 valence electrons. The third kappa shape index (κ3) is 1.70. The number of rotatable bonds is 0. The zero-order chi connectivity index (χ0) is 15.8. The van der Waals surface area contributed by atoms with Crippen LogP contribution in [0.1, 0.15) is 49.7 Å². The Labute approximate surface area is 135 Å². The van der Waals surface area contributed by atoms with Gasteiger partial charge in [0, 0.05) is 11.3 Å². The summed E-state index contributed by atoms with van der Waals surface area (Å²) >= 11 is 0. The molecule has 3 nitrogen and oxygen atoms in total. The maximum atomic E-state index is 15.2. The zero-order valence-corrected chi connectivity index (χ0v) is 13.4. The maximum absolute atomic E-state index is 15.2. The molecule has 2 fully saturated rings. The van der Waals surface area contributed by atoms with Crippen LogP contribution in [0.5, 0.6) is 0 Å². The van der Waals surface area contributed by atoms with Crippen molar-refractivity contribution in [3.63, 3.8) is 0 Å². The van der Waals surface area contributed by atoms with Gasteiger partial charge in [0.05, 0.1) is 17.8 Å². The topological polar surface area (TPSA) is 48.9 Å². The Morgan fingerprint density at radius 3 is 3.04 bits per heavy atom. The van der Waals surface area contributed by atoms with Gasteiger partial charge in [-0.05, 0) is 66.5 Å². The number of fused-ring (bicyclic) bond motifs is 7. The fraction of sp³-hybridized carbons (Fsp3) is 0.632. The second-order valence-electron chi connectivity index (χ2n) is 8.12. The lowest BCUT2D eigenvalue weighted by molar-refractivity contribution is -0.0558. The molecule has 1 aromatic carbocycles. The molecule has 6 atom stereocenters. The molecule has 23 heavy (non-hydrogen) atoms. The monoisotopic (exact) mass is 314 g/mol. The van der Waals surface area contributed by atoms with Crippen LogP contribution in [0.3, 0.4) is 0 Å². The van der Waals surface area contributed by atoms with E-state index in [2.05, 4.69) is 23.2 Å². The van der Waals surface area contributed by atoms with Crippen molar-refractivity contribution < 1.29 is 9.50 Å². The number of aliphatic hydroxyl groups is 1. The fourth-order valence-corrected chi connectivity index (χ4v) is 6.10. The summed E-state index contributed by atoms with van der Waals surface area (Å²) < 4.78 is 15.2. The predicted molar refractivity (Wildman–Crippen MR) is 87.0 cm³/mol. The highest BCUT2D eigenvalue weighted by Gasteiger charge is 2.58. The summed E-state index contributed by atoms with van der Waals surface area (Å²) in [5, 5.41) is 18.8. The fourth-order valence-electron chi connectivity index (χ4n) is 6.10. The van der Waals surface area contributed by atoms with Gasteiger partial charge in [-0.3, -0.25) is 5.10 Å². The van der Waals surface area contributed by atoms with E-state index in [-0.39, 0.29) is 17.4 Å². The van der Waals surface area contributed by atoms with Crippen LogP contribution in [0, 0.1) is 17.3 Å². The number of alkyl halides is 1. The van der Waals surface area contributed by atoms with Crippen molar-refractivity contribution in [2.75, 3.05) is 0 Å². The summed E-state index contributed by atoms with van der Waals surface area (Å²) in [5.41, 5.74) is 3.32. The van der Waals surface area contributed by atoms with Gasteiger partial charge < -0.3 is 5.11 Å². The van der Waals surface area contributed by atoms with E-state index in [1.165, 1.54) is 11.1 Å². The van der Waals surface area contributed by atoms with Crippen LogP contribution >= 0.6 is 0 Å². The van der Waals surface area contributed by atoms with Gasteiger partial charge in [0.25, 0.3) is 0 Å². The van der Waals surface area contributed by atoms with Crippen LogP contribution in [0.2, 0.25) is 0 Å². The number of aromatic amines is 1. The lowest BCUT2D eigenvalue weighted by Crippen LogP contribution is -2.48.